The van der Waals surface area contributed by atoms with Crippen molar-refractivity contribution < 1.29 is 33.3 Å². The number of para-hydroxylation sites is 1. The molecule has 35 heavy (non-hydrogen) atoms. The molecule has 0 bridgehead atoms. The van der Waals surface area contributed by atoms with Gasteiger partial charge in [-0.05, 0) is 67.1 Å². The van der Waals surface area contributed by atoms with E-state index < -0.39 is 11.9 Å². The standard InChI is InChI=1S/C27H23NO7/c1-4-33-19-12-10-18(11-13-19)25-28-21(27(30)35-25)15-17-9-14-23(24(16-17)32-3)34-26(29)20-7-5-6-8-22(20)31-2/h5-16H,4H2,1-3H3. The van der Waals surface area contributed by atoms with Crippen LogP contribution in [0.15, 0.2) is 77.4 Å². The molecule has 0 aromatic heterocycles. The summed E-state index contributed by atoms with van der Waals surface area (Å²) in [4.78, 5) is 29.3. The molecule has 1 heterocycles. The predicted octanol–water partition coefficient (Wildman–Crippen LogP) is 4.67. The molecular weight excluding hydrogens is 450 g/mol. The van der Waals surface area contributed by atoms with E-state index in [-0.39, 0.29) is 22.9 Å². The minimum Gasteiger partial charge on any atom is -0.496 e. The highest BCUT2D eigenvalue weighted by Gasteiger charge is 2.24. The highest BCUT2D eigenvalue weighted by Crippen LogP contribution is 2.31. The third-order valence-electron chi connectivity index (χ3n) is 5.05. The number of carbonyl (C=O) groups excluding carboxylic acids is 2. The van der Waals surface area contributed by atoms with Crippen LogP contribution in [0.3, 0.4) is 0 Å². The molecule has 8 heteroatoms. The van der Waals surface area contributed by atoms with Gasteiger partial charge >= 0.3 is 11.9 Å². The van der Waals surface area contributed by atoms with Crippen LogP contribution >= 0.6 is 0 Å². The zero-order valence-electron chi connectivity index (χ0n) is 19.4. The third-order valence-corrected chi connectivity index (χ3v) is 5.05. The Kier molecular flexibility index (Phi) is 7.11. The van der Waals surface area contributed by atoms with Gasteiger partial charge in [-0.2, -0.15) is 0 Å². The molecule has 0 aliphatic carbocycles. The van der Waals surface area contributed by atoms with Gasteiger partial charge in [0.1, 0.15) is 17.1 Å². The molecular formula is C27H23NO7. The maximum Gasteiger partial charge on any atom is 0.363 e. The van der Waals surface area contributed by atoms with E-state index in [1.807, 2.05) is 6.92 Å². The topological polar surface area (TPSA) is 92.7 Å². The summed E-state index contributed by atoms with van der Waals surface area (Å²) in [5.74, 6) is 0.700. The average Bonchev–Trinajstić information content (AvgIpc) is 3.25. The van der Waals surface area contributed by atoms with Crippen molar-refractivity contribution in [1.82, 2.24) is 0 Å². The summed E-state index contributed by atoms with van der Waals surface area (Å²) in [6.45, 7) is 2.46. The van der Waals surface area contributed by atoms with Crippen molar-refractivity contribution in [2.24, 2.45) is 4.99 Å². The van der Waals surface area contributed by atoms with Gasteiger partial charge in [-0.25, -0.2) is 14.6 Å². The van der Waals surface area contributed by atoms with Crippen molar-refractivity contribution >= 4 is 23.9 Å². The number of hydrogen-bond donors (Lipinski definition) is 0. The SMILES string of the molecule is CCOc1ccc(C2=NC(=Cc3ccc(OC(=O)c4ccccc4OC)c(OC)c3)C(=O)O2)cc1. The van der Waals surface area contributed by atoms with Crippen LogP contribution in [0.5, 0.6) is 23.0 Å². The summed E-state index contributed by atoms with van der Waals surface area (Å²) in [5.41, 5.74) is 1.69. The first-order chi connectivity index (χ1) is 17.0. The Morgan fingerprint density at radius 3 is 2.40 bits per heavy atom. The molecule has 178 valence electrons. The Morgan fingerprint density at radius 1 is 0.943 bits per heavy atom. The van der Waals surface area contributed by atoms with Gasteiger partial charge in [0.2, 0.25) is 5.90 Å². The Bertz CT molecular complexity index is 1310. The largest absolute Gasteiger partial charge is 0.496 e. The maximum atomic E-state index is 12.6. The second-order valence-corrected chi connectivity index (χ2v) is 7.29. The molecule has 0 amide bonds. The Hall–Kier alpha value is -4.59. The minimum atomic E-state index is -0.587. The van der Waals surface area contributed by atoms with Crippen LogP contribution in [-0.4, -0.2) is 38.7 Å². The lowest BCUT2D eigenvalue weighted by Gasteiger charge is -2.11. The van der Waals surface area contributed by atoms with Gasteiger partial charge in [0, 0.05) is 5.56 Å². The Morgan fingerprint density at radius 2 is 1.69 bits per heavy atom. The minimum absolute atomic E-state index is 0.134. The molecule has 0 saturated carbocycles. The number of aliphatic imine (C=N–C) groups is 1. The number of carbonyl (C=O) groups is 2. The van der Waals surface area contributed by atoms with Crippen LogP contribution in [0.25, 0.3) is 6.08 Å². The van der Waals surface area contributed by atoms with Crippen molar-refractivity contribution in [1.29, 1.82) is 0 Å². The zero-order chi connectivity index (χ0) is 24.8. The summed E-state index contributed by atoms with van der Waals surface area (Å²) < 4.78 is 26.9. The molecule has 4 rings (SSSR count). The Balaban J connectivity index is 1.55. The van der Waals surface area contributed by atoms with Gasteiger partial charge in [0.25, 0.3) is 0 Å². The first-order valence-electron chi connectivity index (χ1n) is 10.8. The highest BCUT2D eigenvalue weighted by atomic mass is 16.6. The molecule has 3 aromatic carbocycles. The quantitative estimate of drug-likeness (QED) is 0.267. The van der Waals surface area contributed by atoms with E-state index in [0.717, 1.165) is 5.75 Å². The van der Waals surface area contributed by atoms with Gasteiger partial charge in [0.15, 0.2) is 17.2 Å². The van der Waals surface area contributed by atoms with E-state index in [9.17, 15) is 9.59 Å². The fraction of sp³-hybridized carbons (Fsp3) is 0.148. The summed E-state index contributed by atoms with van der Waals surface area (Å²) in [7, 11) is 2.94. The van der Waals surface area contributed by atoms with Gasteiger partial charge in [0.05, 0.1) is 20.8 Å². The average molecular weight is 473 g/mol. The van der Waals surface area contributed by atoms with E-state index in [1.165, 1.54) is 14.2 Å². The fourth-order valence-corrected chi connectivity index (χ4v) is 3.38. The lowest BCUT2D eigenvalue weighted by molar-refractivity contribution is -0.129. The molecule has 0 radical (unpaired) electrons. The van der Waals surface area contributed by atoms with Gasteiger partial charge in [-0.3, -0.25) is 0 Å². The number of benzene rings is 3. The second-order valence-electron chi connectivity index (χ2n) is 7.29. The van der Waals surface area contributed by atoms with E-state index in [1.54, 1.807) is 72.8 Å². The first kappa shape index (κ1) is 23.6. The number of esters is 2. The number of hydrogen-bond acceptors (Lipinski definition) is 8. The predicted molar refractivity (Wildman–Crippen MR) is 129 cm³/mol. The maximum absolute atomic E-state index is 12.6. The number of methoxy groups -OCH3 is 2. The van der Waals surface area contributed by atoms with E-state index >= 15 is 0 Å². The highest BCUT2D eigenvalue weighted by molar-refractivity contribution is 6.12. The van der Waals surface area contributed by atoms with Gasteiger partial charge in [-0.1, -0.05) is 18.2 Å². The van der Waals surface area contributed by atoms with E-state index in [4.69, 9.17) is 23.7 Å². The van der Waals surface area contributed by atoms with Gasteiger partial charge in [-0.15, -0.1) is 0 Å². The van der Waals surface area contributed by atoms with Crippen LogP contribution in [-0.2, 0) is 9.53 Å². The molecule has 0 N–H and O–H groups in total. The van der Waals surface area contributed by atoms with Gasteiger partial charge < -0.3 is 23.7 Å². The third kappa shape index (κ3) is 5.33. The smallest absolute Gasteiger partial charge is 0.363 e. The van der Waals surface area contributed by atoms with Crippen LogP contribution < -0.4 is 18.9 Å². The lowest BCUT2D eigenvalue weighted by Crippen LogP contribution is -2.10. The van der Waals surface area contributed by atoms with Crippen molar-refractivity contribution in [3.63, 3.8) is 0 Å². The second kappa shape index (κ2) is 10.6. The van der Waals surface area contributed by atoms with Crippen molar-refractivity contribution in [2.75, 3.05) is 20.8 Å². The molecule has 0 atom stereocenters. The molecule has 0 spiro atoms. The lowest BCUT2D eigenvalue weighted by atomic mass is 10.1. The number of nitrogens with zero attached hydrogens (tertiary/aromatic N) is 1. The van der Waals surface area contributed by atoms with Crippen LogP contribution in [0, 0.1) is 0 Å². The summed E-state index contributed by atoms with van der Waals surface area (Å²) in [5, 5.41) is 0. The summed E-state index contributed by atoms with van der Waals surface area (Å²) in [6, 6.07) is 18.8. The first-order valence-corrected chi connectivity index (χ1v) is 10.8. The summed E-state index contributed by atoms with van der Waals surface area (Å²) in [6.07, 6.45) is 1.57. The normalized spacial score (nSPS) is 13.7. The van der Waals surface area contributed by atoms with Crippen molar-refractivity contribution in [3.05, 3.63) is 89.1 Å². The monoisotopic (exact) mass is 473 g/mol. The molecule has 0 saturated heterocycles. The van der Waals surface area contributed by atoms with Crippen LogP contribution in [0.1, 0.15) is 28.4 Å². The molecule has 1 aliphatic rings. The fourth-order valence-electron chi connectivity index (χ4n) is 3.38. The zero-order valence-corrected chi connectivity index (χ0v) is 19.4. The molecule has 0 fully saturated rings. The molecule has 0 unspecified atom stereocenters. The number of rotatable bonds is 8. The van der Waals surface area contributed by atoms with Crippen molar-refractivity contribution in [3.8, 4) is 23.0 Å². The molecule has 8 nitrogen and oxygen atoms in total. The molecule has 3 aromatic rings. The number of ether oxygens (including phenoxy) is 5. The summed E-state index contributed by atoms with van der Waals surface area (Å²) >= 11 is 0. The molecule has 1 aliphatic heterocycles. The van der Waals surface area contributed by atoms with Crippen LogP contribution in [0.2, 0.25) is 0 Å². The van der Waals surface area contributed by atoms with E-state index in [0.29, 0.717) is 29.2 Å². The number of cyclic esters (lactones) is 1. The van der Waals surface area contributed by atoms with Crippen LogP contribution in [0.4, 0.5) is 0 Å². The Labute approximate surface area is 202 Å². The van der Waals surface area contributed by atoms with Crippen molar-refractivity contribution in [2.45, 2.75) is 6.92 Å². The van der Waals surface area contributed by atoms with E-state index in [2.05, 4.69) is 4.99 Å².